The Morgan fingerprint density at radius 3 is 2.60 bits per heavy atom. The minimum absolute atomic E-state index is 0.331. The van der Waals surface area contributed by atoms with Crippen molar-refractivity contribution in [3.8, 4) is 0 Å². The van der Waals surface area contributed by atoms with Gasteiger partial charge in [-0.1, -0.05) is 28.1 Å². The number of hydrogen-bond acceptors (Lipinski definition) is 3. The lowest BCUT2D eigenvalue weighted by Crippen LogP contribution is -2.19. The van der Waals surface area contributed by atoms with Gasteiger partial charge < -0.3 is 10.2 Å². The van der Waals surface area contributed by atoms with Crippen LogP contribution in [0.15, 0.2) is 47.1 Å². The van der Waals surface area contributed by atoms with Gasteiger partial charge in [-0.05, 0) is 49.4 Å². The molecule has 106 valence electrons. The average molecular weight is 334 g/mol. The Balaban J connectivity index is 2.12. The second kappa shape index (κ2) is 6.86. The molecule has 0 fully saturated rings. The molecular weight excluding hydrogens is 314 g/mol. The molecule has 0 spiro atoms. The van der Waals surface area contributed by atoms with E-state index < -0.39 is 0 Å². The summed E-state index contributed by atoms with van der Waals surface area (Å²) in [7, 11) is 4.04. The van der Waals surface area contributed by atoms with Gasteiger partial charge in [0.15, 0.2) is 0 Å². The summed E-state index contributed by atoms with van der Waals surface area (Å²) in [5, 5.41) is 3.25. The zero-order valence-corrected chi connectivity index (χ0v) is 13.7. The third-order valence-corrected chi connectivity index (χ3v) is 3.96. The molecule has 1 aromatic carbocycles. The molecule has 1 atom stereocenters. The van der Waals surface area contributed by atoms with Crippen molar-refractivity contribution in [1.82, 2.24) is 10.3 Å². The standard InChI is InChI=1S/C16H20BrN3/c1-12(18-2)14-8-9-19-16(10-14)20(3)11-13-4-6-15(17)7-5-13/h4-10,12,18H,11H2,1-3H3. The smallest absolute Gasteiger partial charge is 0.128 e. The van der Waals surface area contributed by atoms with Crippen LogP contribution >= 0.6 is 15.9 Å². The fraction of sp³-hybridized carbons (Fsp3) is 0.312. The molecule has 0 saturated heterocycles. The normalized spacial score (nSPS) is 12.2. The maximum atomic E-state index is 4.46. The van der Waals surface area contributed by atoms with Gasteiger partial charge in [-0.15, -0.1) is 0 Å². The fourth-order valence-electron chi connectivity index (χ4n) is 2.02. The van der Waals surface area contributed by atoms with Gasteiger partial charge in [0, 0.05) is 30.3 Å². The van der Waals surface area contributed by atoms with Crippen molar-refractivity contribution in [2.75, 3.05) is 19.0 Å². The number of anilines is 1. The Bertz CT molecular complexity index is 554. The van der Waals surface area contributed by atoms with Crippen LogP contribution < -0.4 is 10.2 Å². The van der Waals surface area contributed by atoms with Gasteiger partial charge >= 0.3 is 0 Å². The first kappa shape index (κ1) is 15.0. The lowest BCUT2D eigenvalue weighted by molar-refractivity contribution is 0.651. The molecule has 2 aromatic rings. The number of nitrogens with zero attached hydrogens (tertiary/aromatic N) is 2. The first-order valence-electron chi connectivity index (χ1n) is 6.69. The Labute approximate surface area is 129 Å². The number of nitrogens with one attached hydrogen (secondary N) is 1. The Morgan fingerprint density at radius 1 is 1.25 bits per heavy atom. The zero-order valence-electron chi connectivity index (χ0n) is 12.1. The molecule has 1 heterocycles. The third-order valence-electron chi connectivity index (χ3n) is 3.43. The molecule has 3 nitrogen and oxygen atoms in total. The number of pyridine rings is 1. The highest BCUT2D eigenvalue weighted by atomic mass is 79.9. The number of aromatic nitrogens is 1. The number of hydrogen-bond donors (Lipinski definition) is 1. The summed E-state index contributed by atoms with van der Waals surface area (Å²) in [6, 6.07) is 12.9. The van der Waals surface area contributed by atoms with Gasteiger partial charge in [-0.25, -0.2) is 4.98 Å². The molecule has 0 amide bonds. The highest BCUT2D eigenvalue weighted by Crippen LogP contribution is 2.19. The second-order valence-corrected chi connectivity index (χ2v) is 5.86. The number of benzene rings is 1. The zero-order chi connectivity index (χ0) is 14.5. The predicted molar refractivity (Wildman–Crippen MR) is 88.0 cm³/mol. The predicted octanol–water partition coefficient (Wildman–Crippen LogP) is 3.76. The SMILES string of the molecule is CNC(C)c1ccnc(N(C)Cc2ccc(Br)cc2)c1. The van der Waals surface area contributed by atoms with Crippen molar-refractivity contribution in [2.45, 2.75) is 19.5 Å². The largest absolute Gasteiger partial charge is 0.355 e. The van der Waals surface area contributed by atoms with Gasteiger partial charge in [0.05, 0.1) is 0 Å². The average Bonchev–Trinajstić information content (AvgIpc) is 2.49. The van der Waals surface area contributed by atoms with E-state index in [0.717, 1.165) is 16.8 Å². The van der Waals surface area contributed by atoms with E-state index in [4.69, 9.17) is 0 Å². The molecular formula is C16H20BrN3. The van der Waals surface area contributed by atoms with Crippen LogP contribution in [0, 0.1) is 0 Å². The molecule has 0 bridgehead atoms. The van der Waals surface area contributed by atoms with Gasteiger partial charge in [0.1, 0.15) is 5.82 Å². The molecule has 2 rings (SSSR count). The van der Waals surface area contributed by atoms with E-state index in [1.165, 1.54) is 11.1 Å². The van der Waals surface area contributed by atoms with E-state index in [1.54, 1.807) is 0 Å². The molecule has 0 radical (unpaired) electrons. The van der Waals surface area contributed by atoms with Crippen LogP contribution in [0.1, 0.15) is 24.1 Å². The number of halogens is 1. The van der Waals surface area contributed by atoms with Crippen molar-refractivity contribution in [1.29, 1.82) is 0 Å². The molecule has 1 unspecified atom stereocenters. The number of rotatable bonds is 5. The highest BCUT2D eigenvalue weighted by Gasteiger charge is 2.07. The lowest BCUT2D eigenvalue weighted by Gasteiger charge is -2.20. The van der Waals surface area contributed by atoms with Crippen LogP contribution in [0.25, 0.3) is 0 Å². The van der Waals surface area contributed by atoms with Crippen LogP contribution in [0.5, 0.6) is 0 Å². The minimum atomic E-state index is 0.331. The summed E-state index contributed by atoms with van der Waals surface area (Å²) < 4.78 is 1.10. The van der Waals surface area contributed by atoms with Gasteiger partial charge in [0.2, 0.25) is 0 Å². The topological polar surface area (TPSA) is 28.2 Å². The molecule has 1 N–H and O–H groups in total. The van der Waals surface area contributed by atoms with E-state index >= 15 is 0 Å². The van der Waals surface area contributed by atoms with Crippen LogP contribution in [0.2, 0.25) is 0 Å². The Kier molecular flexibility index (Phi) is 5.15. The van der Waals surface area contributed by atoms with Gasteiger partial charge in [0.25, 0.3) is 0 Å². The van der Waals surface area contributed by atoms with E-state index in [-0.39, 0.29) is 0 Å². The van der Waals surface area contributed by atoms with Crippen LogP contribution in [-0.4, -0.2) is 19.1 Å². The van der Waals surface area contributed by atoms with Crippen molar-refractivity contribution in [3.63, 3.8) is 0 Å². The molecule has 1 aromatic heterocycles. The van der Waals surface area contributed by atoms with Gasteiger partial charge in [-0.2, -0.15) is 0 Å². The fourth-order valence-corrected chi connectivity index (χ4v) is 2.29. The van der Waals surface area contributed by atoms with E-state index in [9.17, 15) is 0 Å². The molecule has 0 saturated carbocycles. The van der Waals surface area contributed by atoms with E-state index in [1.807, 2.05) is 13.2 Å². The summed E-state index contributed by atoms with van der Waals surface area (Å²) in [6.45, 7) is 2.99. The van der Waals surface area contributed by atoms with E-state index in [0.29, 0.717) is 6.04 Å². The van der Waals surface area contributed by atoms with Crippen LogP contribution in [0.3, 0.4) is 0 Å². The summed E-state index contributed by atoms with van der Waals surface area (Å²) in [5.41, 5.74) is 2.52. The molecule has 0 aliphatic rings. The Morgan fingerprint density at radius 2 is 1.95 bits per heavy atom. The third kappa shape index (κ3) is 3.81. The Hall–Kier alpha value is -1.39. The highest BCUT2D eigenvalue weighted by molar-refractivity contribution is 9.10. The maximum absolute atomic E-state index is 4.46. The molecule has 0 aliphatic carbocycles. The maximum Gasteiger partial charge on any atom is 0.128 e. The molecule has 0 aliphatic heterocycles. The molecule has 4 heteroatoms. The minimum Gasteiger partial charge on any atom is -0.355 e. The monoisotopic (exact) mass is 333 g/mol. The van der Waals surface area contributed by atoms with Crippen molar-refractivity contribution < 1.29 is 0 Å². The van der Waals surface area contributed by atoms with Gasteiger partial charge in [-0.3, -0.25) is 0 Å². The van der Waals surface area contributed by atoms with Crippen molar-refractivity contribution in [3.05, 3.63) is 58.2 Å². The first-order chi connectivity index (χ1) is 9.60. The summed E-state index contributed by atoms with van der Waals surface area (Å²) in [4.78, 5) is 6.62. The molecule has 20 heavy (non-hydrogen) atoms. The van der Waals surface area contributed by atoms with E-state index in [2.05, 4.69) is 81.5 Å². The lowest BCUT2D eigenvalue weighted by atomic mass is 10.1. The summed E-state index contributed by atoms with van der Waals surface area (Å²) in [6.07, 6.45) is 1.87. The first-order valence-corrected chi connectivity index (χ1v) is 7.48. The van der Waals surface area contributed by atoms with Crippen LogP contribution in [-0.2, 0) is 6.54 Å². The summed E-state index contributed by atoms with van der Waals surface area (Å²) in [5.74, 6) is 0.993. The van der Waals surface area contributed by atoms with Crippen molar-refractivity contribution in [2.24, 2.45) is 0 Å². The quantitative estimate of drug-likeness (QED) is 0.902. The van der Waals surface area contributed by atoms with Crippen LogP contribution in [0.4, 0.5) is 5.82 Å². The second-order valence-electron chi connectivity index (χ2n) is 4.94. The van der Waals surface area contributed by atoms with Crippen molar-refractivity contribution >= 4 is 21.7 Å². The summed E-state index contributed by atoms with van der Waals surface area (Å²) >= 11 is 3.46.